The molecule has 0 N–H and O–H groups in total. The van der Waals surface area contributed by atoms with Gasteiger partial charge in [-0.1, -0.05) is 30.3 Å². The first kappa shape index (κ1) is 16.5. The minimum atomic E-state index is -0.292. The fourth-order valence-electron chi connectivity index (χ4n) is 3.81. The third-order valence-electron chi connectivity index (χ3n) is 5.27. The van der Waals surface area contributed by atoms with Gasteiger partial charge in [0.25, 0.3) is 5.91 Å². The van der Waals surface area contributed by atoms with Crippen LogP contribution >= 0.6 is 0 Å². The van der Waals surface area contributed by atoms with Crippen LogP contribution in [0.5, 0.6) is 0 Å². The maximum absolute atomic E-state index is 12.1. The molecule has 1 aromatic rings. The maximum Gasteiger partial charge on any atom is 0.251 e. The van der Waals surface area contributed by atoms with E-state index in [0.717, 1.165) is 52.0 Å². The molecule has 2 aliphatic rings. The van der Waals surface area contributed by atoms with Gasteiger partial charge in [-0.2, -0.15) is 0 Å². The highest BCUT2D eigenvalue weighted by Crippen LogP contribution is 2.32. The predicted molar refractivity (Wildman–Crippen MR) is 91.4 cm³/mol. The highest BCUT2D eigenvalue weighted by Gasteiger charge is 2.44. The fraction of sp³-hybridized carbons (Fsp3) is 0.632. The third-order valence-corrected chi connectivity index (χ3v) is 5.27. The van der Waals surface area contributed by atoms with E-state index in [1.165, 1.54) is 5.56 Å². The van der Waals surface area contributed by atoms with Gasteiger partial charge in [0.05, 0.1) is 5.60 Å². The zero-order valence-electron chi connectivity index (χ0n) is 14.3. The van der Waals surface area contributed by atoms with Crippen LogP contribution in [0.25, 0.3) is 0 Å². The number of amides is 1. The largest absolute Gasteiger partial charge is 0.360 e. The average Bonchev–Trinajstić information content (AvgIpc) is 2.59. The first-order valence-electron chi connectivity index (χ1n) is 8.85. The van der Waals surface area contributed by atoms with E-state index in [1.807, 2.05) is 11.8 Å². The number of morpholine rings is 1. The van der Waals surface area contributed by atoms with Crippen molar-refractivity contribution in [3.63, 3.8) is 0 Å². The Hall–Kier alpha value is -1.39. The zero-order valence-corrected chi connectivity index (χ0v) is 14.3. The quantitative estimate of drug-likeness (QED) is 0.855. The van der Waals surface area contributed by atoms with Crippen LogP contribution in [0.15, 0.2) is 30.3 Å². The summed E-state index contributed by atoms with van der Waals surface area (Å²) in [5.74, 6) is 0.143. The molecule has 4 heteroatoms. The van der Waals surface area contributed by atoms with E-state index >= 15 is 0 Å². The van der Waals surface area contributed by atoms with Crippen LogP contribution in [0, 0.1) is 0 Å². The van der Waals surface area contributed by atoms with E-state index < -0.39 is 0 Å². The topological polar surface area (TPSA) is 32.8 Å². The van der Waals surface area contributed by atoms with Gasteiger partial charge in [0.1, 0.15) is 6.10 Å². The van der Waals surface area contributed by atoms with Gasteiger partial charge in [-0.25, -0.2) is 0 Å². The molecule has 1 aromatic carbocycles. The molecule has 0 bridgehead atoms. The monoisotopic (exact) mass is 316 g/mol. The summed E-state index contributed by atoms with van der Waals surface area (Å²) in [4.78, 5) is 16.6. The summed E-state index contributed by atoms with van der Waals surface area (Å²) < 4.78 is 6.15. The van der Waals surface area contributed by atoms with Crippen LogP contribution in [-0.4, -0.2) is 60.1 Å². The SMILES string of the molecule is CCN1CC2(CCN(CCc3ccccc3)CC2)O[C@H](C)C1=O. The van der Waals surface area contributed by atoms with E-state index in [4.69, 9.17) is 4.74 Å². The summed E-state index contributed by atoms with van der Waals surface area (Å²) in [7, 11) is 0. The number of likely N-dealkylation sites (tertiary alicyclic amines) is 1. The van der Waals surface area contributed by atoms with E-state index in [-0.39, 0.29) is 17.6 Å². The number of benzene rings is 1. The lowest BCUT2D eigenvalue weighted by atomic mass is 9.88. The highest BCUT2D eigenvalue weighted by molar-refractivity contribution is 5.81. The summed E-state index contributed by atoms with van der Waals surface area (Å²) in [5, 5.41) is 0. The lowest BCUT2D eigenvalue weighted by Crippen LogP contribution is -2.61. The number of hydrogen-bond donors (Lipinski definition) is 0. The smallest absolute Gasteiger partial charge is 0.251 e. The Morgan fingerprint density at radius 2 is 1.91 bits per heavy atom. The van der Waals surface area contributed by atoms with Crippen molar-refractivity contribution in [1.29, 1.82) is 0 Å². The molecule has 2 aliphatic heterocycles. The van der Waals surface area contributed by atoms with Crippen LogP contribution in [-0.2, 0) is 16.0 Å². The lowest BCUT2D eigenvalue weighted by molar-refractivity contribution is -0.189. The Balaban J connectivity index is 1.52. The molecule has 2 heterocycles. The summed E-state index contributed by atoms with van der Waals surface area (Å²) in [6.45, 7) is 8.72. The average molecular weight is 316 g/mol. The van der Waals surface area contributed by atoms with E-state index in [0.29, 0.717) is 0 Å². The number of ether oxygens (including phenoxy) is 1. The standard InChI is InChI=1S/C19H28N2O2/c1-3-21-15-19(23-16(2)18(21)22)10-13-20(14-11-19)12-9-17-7-5-4-6-8-17/h4-8,16H,3,9-15H2,1-2H3/t16-/m1/s1. The summed E-state index contributed by atoms with van der Waals surface area (Å²) >= 11 is 0. The van der Waals surface area contributed by atoms with Crippen LogP contribution in [0.2, 0.25) is 0 Å². The van der Waals surface area contributed by atoms with Crippen LogP contribution in [0.1, 0.15) is 32.3 Å². The second kappa shape index (κ2) is 7.02. The molecule has 126 valence electrons. The van der Waals surface area contributed by atoms with Gasteiger partial charge in [0.15, 0.2) is 0 Å². The van der Waals surface area contributed by atoms with Crippen molar-refractivity contribution in [3.8, 4) is 0 Å². The second-order valence-corrected chi connectivity index (χ2v) is 6.87. The van der Waals surface area contributed by atoms with Crippen LogP contribution in [0.4, 0.5) is 0 Å². The molecule has 0 aliphatic carbocycles. The normalized spacial score (nSPS) is 25.0. The van der Waals surface area contributed by atoms with E-state index in [2.05, 4.69) is 42.2 Å². The molecule has 0 unspecified atom stereocenters. The van der Waals surface area contributed by atoms with Crippen molar-refractivity contribution in [3.05, 3.63) is 35.9 Å². The predicted octanol–water partition coefficient (Wildman–Crippen LogP) is 2.33. The Kier molecular flexibility index (Phi) is 5.02. The molecule has 3 rings (SSSR count). The molecule has 0 radical (unpaired) electrons. The lowest BCUT2D eigenvalue weighted by Gasteiger charge is -2.49. The molecule has 2 saturated heterocycles. The molecule has 2 fully saturated rings. The minimum Gasteiger partial charge on any atom is -0.360 e. The molecular formula is C19H28N2O2. The summed E-state index contributed by atoms with van der Waals surface area (Å²) in [5.41, 5.74) is 1.28. The van der Waals surface area contributed by atoms with Crippen LogP contribution < -0.4 is 0 Å². The number of hydrogen-bond acceptors (Lipinski definition) is 3. The van der Waals surface area contributed by atoms with Crippen molar-refractivity contribution in [2.24, 2.45) is 0 Å². The van der Waals surface area contributed by atoms with Gasteiger partial charge < -0.3 is 14.5 Å². The van der Waals surface area contributed by atoms with Gasteiger partial charge in [-0.05, 0) is 38.7 Å². The first-order valence-corrected chi connectivity index (χ1v) is 8.85. The first-order chi connectivity index (χ1) is 11.1. The number of rotatable bonds is 4. The number of likely N-dealkylation sites (N-methyl/N-ethyl adjacent to an activating group) is 1. The Bertz CT molecular complexity index is 523. The molecule has 0 saturated carbocycles. The van der Waals surface area contributed by atoms with Gasteiger partial charge in [0, 0.05) is 32.7 Å². The number of piperidine rings is 1. The van der Waals surface area contributed by atoms with Crippen LogP contribution in [0.3, 0.4) is 0 Å². The highest BCUT2D eigenvalue weighted by atomic mass is 16.5. The Morgan fingerprint density at radius 3 is 2.57 bits per heavy atom. The fourth-order valence-corrected chi connectivity index (χ4v) is 3.81. The van der Waals surface area contributed by atoms with E-state index in [9.17, 15) is 4.79 Å². The molecule has 1 spiro atoms. The molecule has 0 aromatic heterocycles. The van der Waals surface area contributed by atoms with E-state index in [1.54, 1.807) is 0 Å². The van der Waals surface area contributed by atoms with Crippen molar-refractivity contribution >= 4 is 5.91 Å². The molecule has 1 amide bonds. The molecule has 4 nitrogen and oxygen atoms in total. The van der Waals surface area contributed by atoms with Gasteiger partial charge in [-0.15, -0.1) is 0 Å². The number of carbonyl (C=O) groups is 1. The Labute approximate surface area is 139 Å². The molecule has 23 heavy (non-hydrogen) atoms. The maximum atomic E-state index is 12.1. The summed E-state index contributed by atoms with van der Waals surface area (Å²) in [6, 6.07) is 10.7. The Morgan fingerprint density at radius 1 is 1.22 bits per heavy atom. The minimum absolute atomic E-state index is 0.118. The van der Waals surface area contributed by atoms with Gasteiger partial charge >= 0.3 is 0 Å². The van der Waals surface area contributed by atoms with Gasteiger partial charge in [0.2, 0.25) is 0 Å². The number of nitrogens with zero attached hydrogens (tertiary/aromatic N) is 2. The van der Waals surface area contributed by atoms with Crippen molar-refractivity contribution in [2.45, 2.75) is 44.8 Å². The zero-order chi connectivity index (χ0) is 16.3. The van der Waals surface area contributed by atoms with Crippen molar-refractivity contribution < 1.29 is 9.53 Å². The third kappa shape index (κ3) is 3.75. The van der Waals surface area contributed by atoms with Gasteiger partial charge in [-0.3, -0.25) is 4.79 Å². The molecular weight excluding hydrogens is 288 g/mol. The number of carbonyl (C=O) groups excluding carboxylic acids is 1. The molecule has 1 atom stereocenters. The van der Waals surface area contributed by atoms with Crippen molar-refractivity contribution in [2.75, 3.05) is 32.7 Å². The summed E-state index contributed by atoms with van der Waals surface area (Å²) in [6.07, 6.45) is 2.86. The second-order valence-electron chi connectivity index (χ2n) is 6.87. The van der Waals surface area contributed by atoms with Crippen molar-refractivity contribution in [1.82, 2.24) is 9.80 Å².